The van der Waals surface area contributed by atoms with Gasteiger partial charge in [0.05, 0.1) is 0 Å². The maximum atomic E-state index is 14.0. The van der Waals surface area contributed by atoms with E-state index in [0.717, 1.165) is 5.56 Å². The van der Waals surface area contributed by atoms with Crippen molar-refractivity contribution < 1.29 is 13.7 Å². The van der Waals surface area contributed by atoms with Crippen LogP contribution in [0.25, 0.3) is 11.4 Å². The zero-order chi connectivity index (χ0) is 18.1. The fourth-order valence-corrected chi connectivity index (χ4v) is 3.30. The Hall–Kier alpha value is -2.73. The summed E-state index contributed by atoms with van der Waals surface area (Å²) in [5.74, 6) is 0.367. The molecule has 0 aliphatic carbocycles. The Kier molecular flexibility index (Phi) is 4.42. The molecule has 1 unspecified atom stereocenters. The molecule has 1 fully saturated rings. The lowest BCUT2D eigenvalue weighted by Gasteiger charge is -2.22. The van der Waals surface area contributed by atoms with E-state index in [4.69, 9.17) is 16.1 Å². The highest BCUT2D eigenvalue weighted by Gasteiger charge is 2.36. The number of amides is 1. The Balaban J connectivity index is 1.60. The minimum Gasteiger partial charge on any atom is -0.337 e. The summed E-state index contributed by atoms with van der Waals surface area (Å²) in [5.41, 5.74) is 1.19. The van der Waals surface area contributed by atoms with Crippen molar-refractivity contribution in [1.29, 1.82) is 0 Å². The third kappa shape index (κ3) is 3.20. The predicted molar refractivity (Wildman–Crippen MR) is 93.7 cm³/mol. The van der Waals surface area contributed by atoms with E-state index in [2.05, 4.69) is 10.1 Å². The van der Waals surface area contributed by atoms with Gasteiger partial charge >= 0.3 is 0 Å². The van der Waals surface area contributed by atoms with Gasteiger partial charge in [-0.3, -0.25) is 4.79 Å². The van der Waals surface area contributed by atoms with E-state index >= 15 is 0 Å². The first-order valence-electron chi connectivity index (χ1n) is 8.24. The number of benzene rings is 2. The molecule has 0 radical (unpaired) electrons. The second-order valence-electron chi connectivity index (χ2n) is 6.13. The van der Waals surface area contributed by atoms with E-state index in [1.165, 1.54) is 6.07 Å². The number of aromatic nitrogens is 2. The van der Waals surface area contributed by atoms with Crippen LogP contribution in [0.1, 0.15) is 30.3 Å². The summed E-state index contributed by atoms with van der Waals surface area (Å²) in [6, 6.07) is 13.2. The van der Waals surface area contributed by atoms with Gasteiger partial charge in [0, 0.05) is 29.1 Å². The van der Waals surface area contributed by atoms with Crippen molar-refractivity contribution in [3.63, 3.8) is 0 Å². The van der Waals surface area contributed by atoms with E-state index in [0.29, 0.717) is 35.1 Å². The Bertz CT molecular complexity index is 959. The lowest BCUT2D eigenvalue weighted by molar-refractivity contribution is -0.130. The lowest BCUT2D eigenvalue weighted by Crippen LogP contribution is -2.27. The molecule has 0 spiro atoms. The molecule has 1 saturated heterocycles. The fourth-order valence-electron chi connectivity index (χ4n) is 3.11. The van der Waals surface area contributed by atoms with Gasteiger partial charge in [0.1, 0.15) is 11.9 Å². The molecular formula is C19H15ClFN3O2. The third-order valence-corrected chi connectivity index (χ3v) is 4.67. The van der Waals surface area contributed by atoms with Crippen LogP contribution >= 0.6 is 11.6 Å². The number of halogens is 2. The van der Waals surface area contributed by atoms with Gasteiger partial charge in [-0.15, -0.1) is 0 Å². The van der Waals surface area contributed by atoms with Gasteiger partial charge in [-0.25, -0.2) is 4.39 Å². The number of carbonyl (C=O) groups excluding carboxylic acids is 1. The number of hydrogen-bond donors (Lipinski definition) is 0. The summed E-state index contributed by atoms with van der Waals surface area (Å²) >= 11 is 6.00. The molecule has 26 heavy (non-hydrogen) atoms. The Labute approximate surface area is 154 Å². The van der Waals surface area contributed by atoms with Gasteiger partial charge in [0.2, 0.25) is 17.6 Å². The monoisotopic (exact) mass is 371 g/mol. The summed E-state index contributed by atoms with van der Waals surface area (Å²) in [4.78, 5) is 18.3. The fraction of sp³-hybridized carbons (Fsp3) is 0.211. The molecule has 1 atom stereocenters. The van der Waals surface area contributed by atoms with E-state index in [-0.39, 0.29) is 24.3 Å². The van der Waals surface area contributed by atoms with Crippen LogP contribution in [-0.4, -0.2) is 20.9 Å². The molecule has 4 rings (SSSR count). The highest BCUT2D eigenvalue weighted by molar-refractivity contribution is 6.30. The van der Waals surface area contributed by atoms with Crippen LogP contribution in [0.4, 0.5) is 4.39 Å². The van der Waals surface area contributed by atoms with Crippen molar-refractivity contribution in [1.82, 2.24) is 15.0 Å². The molecule has 2 heterocycles. The maximum absolute atomic E-state index is 14.0. The minimum absolute atomic E-state index is 0.0549. The maximum Gasteiger partial charge on any atom is 0.249 e. The van der Waals surface area contributed by atoms with Crippen LogP contribution in [0.15, 0.2) is 53.1 Å². The van der Waals surface area contributed by atoms with Crippen molar-refractivity contribution in [3.8, 4) is 11.4 Å². The third-order valence-electron chi connectivity index (χ3n) is 4.44. The topological polar surface area (TPSA) is 59.2 Å². The quantitative estimate of drug-likeness (QED) is 0.682. The normalized spacial score (nSPS) is 17.1. The van der Waals surface area contributed by atoms with E-state index in [1.54, 1.807) is 41.3 Å². The molecule has 5 nitrogen and oxygen atoms in total. The van der Waals surface area contributed by atoms with Crippen LogP contribution in [0.2, 0.25) is 5.02 Å². The summed E-state index contributed by atoms with van der Waals surface area (Å²) in [6.07, 6.45) is 0.929. The predicted octanol–water partition coefficient (Wildman–Crippen LogP) is 4.39. The molecular weight excluding hydrogens is 357 g/mol. The van der Waals surface area contributed by atoms with Crippen LogP contribution in [-0.2, 0) is 11.3 Å². The van der Waals surface area contributed by atoms with Crippen LogP contribution in [0.5, 0.6) is 0 Å². The van der Waals surface area contributed by atoms with Gasteiger partial charge in [-0.2, -0.15) is 4.98 Å². The summed E-state index contributed by atoms with van der Waals surface area (Å²) < 4.78 is 19.4. The molecule has 1 aliphatic heterocycles. The molecule has 132 valence electrons. The summed E-state index contributed by atoms with van der Waals surface area (Å²) in [7, 11) is 0. The SMILES string of the molecule is O=C1CCC(c2nc(-c3cccc(Cl)c3)no2)N1Cc1ccccc1F. The van der Waals surface area contributed by atoms with Gasteiger partial charge in [-0.1, -0.05) is 47.1 Å². The minimum atomic E-state index is -0.359. The van der Waals surface area contributed by atoms with E-state index < -0.39 is 0 Å². The zero-order valence-electron chi connectivity index (χ0n) is 13.7. The highest BCUT2D eigenvalue weighted by Crippen LogP contribution is 2.34. The number of nitrogens with zero attached hydrogens (tertiary/aromatic N) is 3. The first-order chi connectivity index (χ1) is 12.6. The number of rotatable bonds is 4. The Morgan fingerprint density at radius 1 is 1.23 bits per heavy atom. The smallest absolute Gasteiger partial charge is 0.249 e. The van der Waals surface area contributed by atoms with Crippen LogP contribution < -0.4 is 0 Å². The van der Waals surface area contributed by atoms with E-state index in [9.17, 15) is 9.18 Å². The molecule has 2 aromatic carbocycles. The van der Waals surface area contributed by atoms with Gasteiger partial charge in [-0.05, 0) is 24.6 Å². The molecule has 1 aliphatic rings. The average Bonchev–Trinajstić information content (AvgIpc) is 3.25. The Morgan fingerprint density at radius 3 is 2.88 bits per heavy atom. The van der Waals surface area contributed by atoms with Crippen molar-refractivity contribution in [3.05, 3.63) is 70.8 Å². The van der Waals surface area contributed by atoms with Crippen molar-refractivity contribution in [2.75, 3.05) is 0 Å². The number of hydrogen-bond acceptors (Lipinski definition) is 4. The van der Waals surface area contributed by atoms with Gasteiger partial charge < -0.3 is 9.42 Å². The molecule has 0 N–H and O–H groups in total. The lowest BCUT2D eigenvalue weighted by atomic mass is 10.1. The van der Waals surface area contributed by atoms with Crippen molar-refractivity contribution in [2.45, 2.75) is 25.4 Å². The van der Waals surface area contributed by atoms with Gasteiger partial charge in [0.25, 0.3) is 0 Å². The van der Waals surface area contributed by atoms with Crippen molar-refractivity contribution >= 4 is 17.5 Å². The summed E-state index contributed by atoms with van der Waals surface area (Å²) in [6.45, 7) is 0.172. The summed E-state index contributed by atoms with van der Waals surface area (Å²) in [5, 5.41) is 4.57. The van der Waals surface area contributed by atoms with Crippen LogP contribution in [0.3, 0.4) is 0 Å². The second kappa shape index (κ2) is 6.88. The largest absolute Gasteiger partial charge is 0.337 e. The molecule has 1 aromatic heterocycles. The molecule has 3 aromatic rings. The second-order valence-corrected chi connectivity index (χ2v) is 6.57. The molecule has 0 bridgehead atoms. The molecule has 0 saturated carbocycles. The van der Waals surface area contributed by atoms with Crippen LogP contribution in [0, 0.1) is 5.82 Å². The van der Waals surface area contributed by atoms with Gasteiger partial charge in [0.15, 0.2) is 0 Å². The first kappa shape index (κ1) is 16.7. The standard InChI is InChI=1S/C19H15ClFN3O2/c20-14-6-3-5-12(10-14)18-22-19(26-23-18)16-8-9-17(25)24(16)11-13-4-1-2-7-15(13)21/h1-7,10,16H,8-9,11H2. The number of carbonyl (C=O) groups is 1. The highest BCUT2D eigenvalue weighted by atomic mass is 35.5. The first-order valence-corrected chi connectivity index (χ1v) is 8.62. The Morgan fingerprint density at radius 2 is 2.08 bits per heavy atom. The van der Waals surface area contributed by atoms with Crippen molar-refractivity contribution in [2.24, 2.45) is 0 Å². The number of likely N-dealkylation sites (tertiary alicyclic amines) is 1. The zero-order valence-corrected chi connectivity index (χ0v) is 14.5. The average molecular weight is 372 g/mol. The van der Waals surface area contributed by atoms with E-state index in [1.807, 2.05) is 6.07 Å². The molecule has 7 heteroatoms. The molecule has 1 amide bonds.